The normalized spacial score (nSPS) is 10.2. The molecule has 2 heteroatoms. The van der Waals surface area contributed by atoms with Crippen LogP contribution in [0.4, 0.5) is 4.39 Å². The van der Waals surface area contributed by atoms with Gasteiger partial charge < -0.3 is 0 Å². The Balaban J connectivity index is 3.20. The maximum Gasteiger partial charge on any atom is 0.324 e. The molecule has 0 aliphatic rings. The van der Waals surface area contributed by atoms with Crippen molar-refractivity contribution in [3.8, 4) is 0 Å². The lowest BCUT2D eigenvalue weighted by molar-refractivity contribution is -0.124. The number of rotatable bonds is 3. The van der Waals surface area contributed by atoms with Gasteiger partial charge >= 0.3 is 6.04 Å². The Morgan fingerprint density at radius 2 is 2.38 bits per heavy atom. The first-order chi connectivity index (χ1) is 3.77. The Bertz CT molecular complexity index is 96.7. The second-order valence-electron chi connectivity index (χ2n) is 1.50. The zero-order chi connectivity index (χ0) is 6.41. The lowest BCUT2D eigenvalue weighted by atomic mass is 10.3. The van der Waals surface area contributed by atoms with Crippen LogP contribution >= 0.6 is 0 Å². The summed E-state index contributed by atoms with van der Waals surface area (Å²) in [4.78, 5) is 9.57. The number of carbonyl (C=O) groups excluding carboxylic acids is 1. The van der Waals surface area contributed by atoms with Crippen molar-refractivity contribution in [2.45, 2.75) is 19.8 Å². The molecule has 1 nitrogen and oxygen atoms in total. The lowest BCUT2D eigenvalue weighted by Crippen LogP contribution is -1.75. The minimum absolute atomic E-state index is 0.773. The number of halogens is 1. The van der Waals surface area contributed by atoms with E-state index in [9.17, 15) is 9.18 Å². The molecule has 0 unspecified atom stereocenters. The standard InChI is InChI=1S/C6H9FO/c1-2-3-4-5-6(7)8/h4-5H,2-3H2,1H3. The molecule has 0 heterocycles. The minimum Gasteiger partial charge on any atom is -0.256 e. The van der Waals surface area contributed by atoms with Crippen molar-refractivity contribution in [3.05, 3.63) is 12.2 Å². The monoisotopic (exact) mass is 116 g/mol. The molecule has 0 radical (unpaired) electrons. The highest BCUT2D eigenvalue weighted by Crippen LogP contribution is 1.88. The van der Waals surface area contributed by atoms with Crippen molar-refractivity contribution in [1.29, 1.82) is 0 Å². The average Bonchev–Trinajstić information content (AvgIpc) is 1.66. The third-order valence-corrected chi connectivity index (χ3v) is 0.704. The molecule has 0 aromatic carbocycles. The van der Waals surface area contributed by atoms with Crippen LogP contribution in [0.3, 0.4) is 0 Å². The smallest absolute Gasteiger partial charge is 0.256 e. The van der Waals surface area contributed by atoms with E-state index in [0.29, 0.717) is 0 Å². The van der Waals surface area contributed by atoms with Crippen LogP contribution in [-0.2, 0) is 4.79 Å². The van der Waals surface area contributed by atoms with Crippen molar-refractivity contribution in [3.63, 3.8) is 0 Å². The highest BCUT2D eigenvalue weighted by atomic mass is 19.1. The molecule has 0 aromatic rings. The van der Waals surface area contributed by atoms with Gasteiger partial charge in [-0.05, 0) is 6.42 Å². The van der Waals surface area contributed by atoms with Crippen LogP contribution in [0.25, 0.3) is 0 Å². The molecule has 0 saturated carbocycles. The molecule has 0 N–H and O–H groups in total. The first-order valence-corrected chi connectivity index (χ1v) is 2.63. The zero-order valence-corrected chi connectivity index (χ0v) is 4.86. The summed E-state index contributed by atoms with van der Waals surface area (Å²) in [5, 5.41) is 0. The summed E-state index contributed by atoms with van der Waals surface area (Å²) < 4.78 is 11.3. The lowest BCUT2D eigenvalue weighted by Gasteiger charge is -1.78. The van der Waals surface area contributed by atoms with Gasteiger partial charge in [-0.1, -0.05) is 19.4 Å². The van der Waals surface area contributed by atoms with Crippen molar-refractivity contribution < 1.29 is 9.18 Å². The van der Waals surface area contributed by atoms with Gasteiger partial charge in [-0.25, -0.2) is 0 Å². The summed E-state index contributed by atoms with van der Waals surface area (Å²) in [5.41, 5.74) is 0. The Labute approximate surface area is 48.2 Å². The van der Waals surface area contributed by atoms with Crippen LogP contribution in [0.2, 0.25) is 0 Å². The Kier molecular flexibility index (Phi) is 4.13. The second kappa shape index (κ2) is 4.50. The number of hydrogen-bond acceptors (Lipinski definition) is 1. The summed E-state index contributed by atoms with van der Waals surface area (Å²) in [6, 6.07) is -1.36. The molecule has 0 rings (SSSR count). The largest absolute Gasteiger partial charge is 0.324 e. The molecule has 0 saturated heterocycles. The van der Waals surface area contributed by atoms with E-state index in [1.807, 2.05) is 6.92 Å². The molecule has 0 aromatic heterocycles. The van der Waals surface area contributed by atoms with Crippen LogP contribution in [0.1, 0.15) is 19.8 Å². The Hall–Kier alpha value is -0.660. The number of allylic oxidation sites excluding steroid dienone is 2. The third kappa shape index (κ3) is 5.34. The summed E-state index contributed by atoms with van der Waals surface area (Å²) in [5.74, 6) is 0. The molecule has 0 spiro atoms. The fraction of sp³-hybridized carbons (Fsp3) is 0.500. The molecule has 0 aliphatic carbocycles. The highest BCUT2D eigenvalue weighted by molar-refractivity contribution is 5.80. The van der Waals surface area contributed by atoms with Gasteiger partial charge in [0, 0.05) is 6.08 Å². The van der Waals surface area contributed by atoms with Gasteiger partial charge in [-0.15, -0.1) is 0 Å². The summed E-state index contributed by atoms with van der Waals surface area (Å²) in [6.45, 7) is 1.97. The predicted octanol–water partition coefficient (Wildman–Crippen LogP) is 1.84. The van der Waals surface area contributed by atoms with E-state index in [1.54, 1.807) is 0 Å². The van der Waals surface area contributed by atoms with Crippen molar-refractivity contribution in [1.82, 2.24) is 0 Å². The second-order valence-corrected chi connectivity index (χ2v) is 1.50. The fourth-order valence-electron chi connectivity index (χ4n) is 0.343. The molecular weight excluding hydrogens is 107 g/mol. The fourth-order valence-corrected chi connectivity index (χ4v) is 0.343. The Morgan fingerprint density at radius 3 is 2.75 bits per heavy atom. The summed E-state index contributed by atoms with van der Waals surface area (Å²) in [7, 11) is 0. The van der Waals surface area contributed by atoms with Crippen LogP contribution in [0.15, 0.2) is 12.2 Å². The van der Waals surface area contributed by atoms with Gasteiger partial charge in [-0.3, -0.25) is 4.79 Å². The van der Waals surface area contributed by atoms with E-state index in [4.69, 9.17) is 0 Å². The Morgan fingerprint density at radius 1 is 1.75 bits per heavy atom. The molecule has 46 valence electrons. The molecule has 0 aliphatic heterocycles. The highest BCUT2D eigenvalue weighted by Gasteiger charge is 1.83. The maximum atomic E-state index is 11.3. The maximum absolute atomic E-state index is 11.3. The summed E-state index contributed by atoms with van der Waals surface area (Å²) >= 11 is 0. The topological polar surface area (TPSA) is 17.1 Å². The van der Waals surface area contributed by atoms with Gasteiger partial charge in [0.2, 0.25) is 0 Å². The molecule has 0 bridgehead atoms. The number of hydrogen-bond donors (Lipinski definition) is 0. The quantitative estimate of drug-likeness (QED) is 0.406. The van der Waals surface area contributed by atoms with Crippen molar-refractivity contribution in [2.24, 2.45) is 0 Å². The van der Waals surface area contributed by atoms with Gasteiger partial charge in [0.1, 0.15) is 0 Å². The van der Waals surface area contributed by atoms with E-state index < -0.39 is 6.04 Å². The molecule has 8 heavy (non-hydrogen) atoms. The SMILES string of the molecule is CCCC=CC(=O)F. The van der Waals surface area contributed by atoms with Crippen LogP contribution in [0, 0.1) is 0 Å². The van der Waals surface area contributed by atoms with E-state index in [1.165, 1.54) is 6.08 Å². The van der Waals surface area contributed by atoms with Crippen molar-refractivity contribution >= 4 is 6.04 Å². The van der Waals surface area contributed by atoms with E-state index >= 15 is 0 Å². The number of carbonyl (C=O) groups is 1. The van der Waals surface area contributed by atoms with Gasteiger partial charge in [-0.2, -0.15) is 4.39 Å². The minimum atomic E-state index is -1.36. The van der Waals surface area contributed by atoms with Crippen LogP contribution in [0.5, 0.6) is 0 Å². The molecule has 0 fully saturated rings. The van der Waals surface area contributed by atoms with E-state index in [-0.39, 0.29) is 0 Å². The average molecular weight is 116 g/mol. The predicted molar refractivity (Wildman–Crippen MR) is 30.2 cm³/mol. The molecule has 0 atom stereocenters. The first-order valence-electron chi connectivity index (χ1n) is 2.63. The number of unbranched alkanes of at least 4 members (excludes halogenated alkanes) is 1. The summed E-state index contributed by atoms with van der Waals surface area (Å²) in [6.07, 6.45) is 4.20. The third-order valence-electron chi connectivity index (χ3n) is 0.704. The van der Waals surface area contributed by atoms with Gasteiger partial charge in [0.25, 0.3) is 0 Å². The van der Waals surface area contributed by atoms with Crippen LogP contribution < -0.4 is 0 Å². The van der Waals surface area contributed by atoms with E-state index in [2.05, 4.69) is 0 Å². The van der Waals surface area contributed by atoms with Gasteiger partial charge in [0.05, 0.1) is 0 Å². The first kappa shape index (κ1) is 7.34. The van der Waals surface area contributed by atoms with Gasteiger partial charge in [0.15, 0.2) is 0 Å². The molecule has 0 amide bonds. The molecular formula is C6H9FO. The van der Waals surface area contributed by atoms with E-state index in [0.717, 1.165) is 18.9 Å². The van der Waals surface area contributed by atoms with Crippen LogP contribution in [-0.4, -0.2) is 6.04 Å². The van der Waals surface area contributed by atoms with Crippen molar-refractivity contribution in [2.75, 3.05) is 0 Å². The zero-order valence-electron chi connectivity index (χ0n) is 4.86.